The summed E-state index contributed by atoms with van der Waals surface area (Å²) in [6, 6.07) is 12.0. The lowest BCUT2D eigenvalue weighted by molar-refractivity contribution is -0.115. The standard InChI is InChI=1S/C21H28N6O2S/c1-6-17(26(4)5)19-23-24-21(27(19)13-16-10-8-7-9-11-16)30-15(3)20(28)22-18-12-14(2)29-25-18/h7-12,15,17H,6,13H2,1-5H3,(H,22,25,28)/t15-,17-/m0/s1. The van der Waals surface area contributed by atoms with Crippen LogP contribution in [0.15, 0.2) is 46.1 Å². The Bertz CT molecular complexity index is 969. The molecule has 2 heterocycles. The average molecular weight is 429 g/mol. The van der Waals surface area contributed by atoms with Gasteiger partial charge >= 0.3 is 0 Å². The Balaban J connectivity index is 1.83. The van der Waals surface area contributed by atoms with E-state index in [0.717, 1.165) is 17.8 Å². The summed E-state index contributed by atoms with van der Waals surface area (Å²) in [4.78, 5) is 14.8. The zero-order chi connectivity index (χ0) is 21.7. The lowest BCUT2D eigenvalue weighted by Gasteiger charge is -2.23. The molecule has 9 heteroatoms. The number of nitrogens with zero attached hydrogens (tertiary/aromatic N) is 5. The molecule has 0 saturated heterocycles. The fraction of sp³-hybridized carbons (Fsp3) is 0.429. The summed E-state index contributed by atoms with van der Waals surface area (Å²) >= 11 is 1.38. The van der Waals surface area contributed by atoms with Gasteiger partial charge in [-0.15, -0.1) is 10.2 Å². The molecule has 2 atom stereocenters. The number of thioether (sulfide) groups is 1. The Labute approximate surface area is 181 Å². The van der Waals surface area contributed by atoms with Gasteiger partial charge in [0, 0.05) is 6.07 Å². The molecule has 1 aromatic carbocycles. The number of hydrogen-bond donors (Lipinski definition) is 1. The molecule has 0 fully saturated rings. The number of amides is 1. The van der Waals surface area contributed by atoms with Crippen molar-refractivity contribution in [1.29, 1.82) is 0 Å². The van der Waals surface area contributed by atoms with Crippen LogP contribution in [0.2, 0.25) is 0 Å². The Kier molecular flexibility index (Phi) is 7.28. The summed E-state index contributed by atoms with van der Waals surface area (Å²) in [5.41, 5.74) is 1.16. The number of aryl methyl sites for hydroxylation is 1. The van der Waals surface area contributed by atoms with E-state index in [2.05, 4.69) is 49.2 Å². The van der Waals surface area contributed by atoms with Crippen LogP contribution in [0.3, 0.4) is 0 Å². The van der Waals surface area contributed by atoms with Gasteiger partial charge in [0.05, 0.1) is 17.8 Å². The molecule has 0 saturated carbocycles. The summed E-state index contributed by atoms with van der Waals surface area (Å²) in [5.74, 6) is 1.79. The number of aromatic nitrogens is 4. The predicted molar refractivity (Wildman–Crippen MR) is 117 cm³/mol. The smallest absolute Gasteiger partial charge is 0.238 e. The Morgan fingerprint density at radius 2 is 2.00 bits per heavy atom. The minimum Gasteiger partial charge on any atom is -0.360 e. The predicted octanol–water partition coefficient (Wildman–Crippen LogP) is 3.75. The van der Waals surface area contributed by atoms with Crippen LogP contribution < -0.4 is 5.32 Å². The van der Waals surface area contributed by atoms with Crippen LogP contribution in [0.5, 0.6) is 0 Å². The second-order valence-electron chi connectivity index (χ2n) is 7.37. The number of hydrogen-bond acceptors (Lipinski definition) is 7. The molecule has 0 aliphatic heterocycles. The van der Waals surface area contributed by atoms with Crippen molar-refractivity contribution in [3.8, 4) is 0 Å². The van der Waals surface area contributed by atoms with Crippen LogP contribution in [0.4, 0.5) is 5.82 Å². The van der Waals surface area contributed by atoms with E-state index in [0.29, 0.717) is 23.3 Å². The van der Waals surface area contributed by atoms with Crippen LogP contribution in [-0.2, 0) is 11.3 Å². The van der Waals surface area contributed by atoms with Gasteiger partial charge in [-0.3, -0.25) is 9.69 Å². The number of benzene rings is 1. The van der Waals surface area contributed by atoms with Gasteiger partial charge in [-0.25, -0.2) is 0 Å². The third-order valence-corrected chi connectivity index (χ3v) is 5.85. The molecule has 0 aliphatic rings. The van der Waals surface area contributed by atoms with Crippen molar-refractivity contribution >= 4 is 23.5 Å². The fourth-order valence-corrected chi connectivity index (χ4v) is 4.05. The van der Waals surface area contributed by atoms with Crippen molar-refractivity contribution < 1.29 is 9.32 Å². The van der Waals surface area contributed by atoms with Crippen molar-refractivity contribution in [3.05, 3.63) is 53.5 Å². The first-order valence-electron chi connectivity index (χ1n) is 9.93. The quantitative estimate of drug-likeness (QED) is 0.519. The highest BCUT2D eigenvalue weighted by atomic mass is 32.2. The van der Waals surface area contributed by atoms with Crippen molar-refractivity contribution in [2.45, 2.75) is 50.2 Å². The van der Waals surface area contributed by atoms with Crippen molar-refractivity contribution in [2.75, 3.05) is 19.4 Å². The molecule has 160 valence electrons. The van der Waals surface area contributed by atoms with E-state index in [-0.39, 0.29) is 17.2 Å². The molecule has 30 heavy (non-hydrogen) atoms. The van der Waals surface area contributed by atoms with E-state index < -0.39 is 0 Å². The van der Waals surface area contributed by atoms with E-state index in [1.54, 1.807) is 13.0 Å². The lowest BCUT2D eigenvalue weighted by Crippen LogP contribution is -2.25. The zero-order valence-electron chi connectivity index (χ0n) is 18.0. The highest BCUT2D eigenvalue weighted by molar-refractivity contribution is 8.00. The molecule has 0 spiro atoms. The van der Waals surface area contributed by atoms with Gasteiger partial charge in [0.25, 0.3) is 0 Å². The maximum Gasteiger partial charge on any atom is 0.238 e. The molecule has 1 N–H and O–H groups in total. The molecule has 8 nitrogen and oxygen atoms in total. The molecule has 0 radical (unpaired) electrons. The SMILES string of the molecule is CC[C@@H](c1nnc(S[C@@H](C)C(=O)Nc2cc(C)on2)n1Cc1ccccc1)N(C)C. The van der Waals surface area contributed by atoms with Crippen molar-refractivity contribution in [1.82, 2.24) is 24.8 Å². The topological polar surface area (TPSA) is 89.1 Å². The van der Waals surface area contributed by atoms with Crippen LogP contribution in [0.1, 0.15) is 43.5 Å². The monoisotopic (exact) mass is 428 g/mol. The number of carbonyl (C=O) groups is 1. The van der Waals surface area contributed by atoms with Crippen LogP contribution in [0.25, 0.3) is 0 Å². The van der Waals surface area contributed by atoms with Gasteiger partial charge in [0.15, 0.2) is 16.8 Å². The van der Waals surface area contributed by atoms with Gasteiger partial charge in [-0.05, 0) is 39.9 Å². The third kappa shape index (κ3) is 5.28. The minimum absolute atomic E-state index is 0.137. The molecular formula is C21H28N6O2S. The first-order valence-corrected chi connectivity index (χ1v) is 10.8. The minimum atomic E-state index is -0.381. The van der Waals surface area contributed by atoms with E-state index in [9.17, 15) is 4.79 Å². The van der Waals surface area contributed by atoms with E-state index in [1.807, 2.05) is 39.2 Å². The van der Waals surface area contributed by atoms with Crippen LogP contribution >= 0.6 is 11.8 Å². The van der Waals surface area contributed by atoms with E-state index >= 15 is 0 Å². The summed E-state index contributed by atoms with van der Waals surface area (Å²) in [6.45, 7) is 6.41. The van der Waals surface area contributed by atoms with Gasteiger partial charge in [0.1, 0.15) is 5.76 Å². The van der Waals surface area contributed by atoms with Crippen molar-refractivity contribution in [3.63, 3.8) is 0 Å². The number of anilines is 1. The molecule has 3 rings (SSSR count). The summed E-state index contributed by atoms with van der Waals surface area (Å²) in [5, 5.41) is 15.9. The van der Waals surface area contributed by atoms with Gasteiger partial charge in [-0.2, -0.15) is 0 Å². The van der Waals surface area contributed by atoms with Gasteiger partial charge in [-0.1, -0.05) is 54.2 Å². The molecule has 3 aromatic rings. The average Bonchev–Trinajstić information content (AvgIpc) is 3.29. The van der Waals surface area contributed by atoms with E-state index in [4.69, 9.17) is 4.52 Å². The van der Waals surface area contributed by atoms with Crippen molar-refractivity contribution in [2.24, 2.45) is 0 Å². The maximum absolute atomic E-state index is 12.6. The second kappa shape index (κ2) is 9.90. The van der Waals surface area contributed by atoms with E-state index in [1.165, 1.54) is 11.8 Å². The van der Waals surface area contributed by atoms with Gasteiger partial charge < -0.3 is 14.4 Å². The molecule has 2 aromatic heterocycles. The fourth-order valence-electron chi connectivity index (χ4n) is 3.19. The zero-order valence-corrected chi connectivity index (χ0v) is 18.8. The first-order chi connectivity index (χ1) is 14.4. The third-order valence-electron chi connectivity index (χ3n) is 4.77. The second-order valence-corrected chi connectivity index (χ2v) is 8.68. The van der Waals surface area contributed by atoms with Gasteiger partial charge in [0.2, 0.25) is 5.91 Å². The summed E-state index contributed by atoms with van der Waals surface area (Å²) in [7, 11) is 4.08. The molecule has 0 bridgehead atoms. The first kappa shape index (κ1) is 22.0. The maximum atomic E-state index is 12.6. The Morgan fingerprint density at radius 3 is 2.60 bits per heavy atom. The highest BCUT2D eigenvalue weighted by Crippen LogP contribution is 2.29. The van der Waals surface area contributed by atoms with Crippen LogP contribution in [0, 0.1) is 6.92 Å². The summed E-state index contributed by atoms with van der Waals surface area (Å²) in [6.07, 6.45) is 0.909. The molecule has 0 aliphatic carbocycles. The largest absolute Gasteiger partial charge is 0.360 e. The Hall–Kier alpha value is -2.65. The highest BCUT2D eigenvalue weighted by Gasteiger charge is 2.25. The van der Waals surface area contributed by atoms with Crippen LogP contribution in [-0.4, -0.2) is 50.1 Å². The molecular weight excluding hydrogens is 400 g/mol. The lowest BCUT2D eigenvalue weighted by atomic mass is 10.2. The molecule has 0 unspecified atom stereocenters. The summed E-state index contributed by atoms with van der Waals surface area (Å²) < 4.78 is 7.12. The normalized spacial score (nSPS) is 13.4. The number of nitrogens with one attached hydrogen (secondary N) is 1. The number of rotatable bonds is 9. The Morgan fingerprint density at radius 1 is 1.27 bits per heavy atom. The molecule has 1 amide bonds. The number of carbonyl (C=O) groups excluding carboxylic acids is 1.